The van der Waals surface area contributed by atoms with Crippen molar-refractivity contribution in [1.82, 2.24) is 15.0 Å². The summed E-state index contributed by atoms with van der Waals surface area (Å²) in [6.07, 6.45) is -0.677. The second kappa shape index (κ2) is 8.63. The lowest BCUT2D eigenvalue weighted by atomic mass is 10.2. The van der Waals surface area contributed by atoms with Gasteiger partial charge >= 0.3 is 0 Å². The molecule has 1 amide bonds. The summed E-state index contributed by atoms with van der Waals surface area (Å²) in [6, 6.07) is 12.4. The summed E-state index contributed by atoms with van der Waals surface area (Å²) < 4.78 is 11.0. The molecule has 0 aliphatic heterocycles. The van der Waals surface area contributed by atoms with E-state index in [9.17, 15) is 4.79 Å². The number of aryl methyl sites for hydroxylation is 1. The average molecular weight is 420 g/mol. The Morgan fingerprint density at radius 2 is 1.93 bits per heavy atom. The Balaban J connectivity index is 1.62. The molecule has 8 heteroatoms. The first-order valence-electron chi connectivity index (χ1n) is 8.60. The highest BCUT2D eigenvalue weighted by atomic mass is 35.5. The van der Waals surface area contributed by atoms with Crippen molar-refractivity contribution in [2.75, 3.05) is 7.05 Å². The maximum Gasteiger partial charge on any atom is 0.263 e. The number of rotatable bonds is 6. The third kappa shape index (κ3) is 4.82. The highest BCUT2D eigenvalue weighted by molar-refractivity contribution is 6.31. The lowest BCUT2D eigenvalue weighted by molar-refractivity contribution is -0.137. The highest BCUT2D eigenvalue weighted by Crippen LogP contribution is 2.22. The SMILES string of the molecule is Cc1cc(O[C@H](C)C(=O)N(C)Cc2nc(-c3ccc(Cl)cc3)no2)ccc1Cl. The van der Waals surface area contributed by atoms with Gasteiger partial charge < -0.3 is 14.2 Å². The second-order valence-corrected chi connectivity index (χ2v) is 7.23. The number of carbonyl (C=O) groups excluding carboxylic acids is 1. The lowest BCUT2D eigenvalue weighted by Crippen LogP contribution is -2.37. The Labute approximate surface area is 173 Å². The summed E-state index contributed by atoms with van der Waals surface area (Å²) in [6.45, 7) is 3.74. The van der Waals surface area contributed by atoms with Gasteiger partial charge in [0.25, 0.3) is 5.91 Å². The first-order valence-corrected chi connectivity index (χ1v) is 9.35. The molecule has 3 rings (SSSR count). The molecule has 0 saturated heterocycles. The Bertz CT molecular complexity index is 973. The summed E-state index contributed by atoms with van der Waals surface area (Å²) in [5, 5.41) is 5.22. The van der Waals surface area contributed by atoms with Gasteiger partial charge in [0.05, 0.1) is 6.54 Å². The zero-order valence-electron chi connectivity index (χ0n) is 15.6. The number of likely N-dealkylation sites (N-methyl/N-ethyl adjacent to an activating group) is 1. The topological polar surface area (TPSA) is 68.5 Å². The molecule has 146 valence electrons. The van der Waals surface area contributed by atoms with Crippen molar-refractivity contribution in [2.24, 2.45) is 0 Å². The van der Waals surface area contributed by atoms with Crippen LogP contribution in [0.4, 0.5) is 0 Å². The predicted octanol–water partition coefficient (Wildman–Crippen LogP) is 4.78. The molecule has 1 atom stereocenters. The molecule has 1 heterocycles. The van der Waals surface area contributed by atoms with Crippen molar-refractivity contribution in [3.63, 3.8) is 0 Å². The van der Waals surface area contributed by atoms with Crippen LogP contribution in [0.25, 0.3) is 11.4 Å². The van der Waals surface area contributed by atoms with Crippen LogP contribution in [0.3, 0.4) is 0 Å². The summed E-state index contributed by atoms with van der Waals surface area (Å²) in [4.78, 5) is 18.4. The van der Waals surface area contributed by atoms with Crippen LogP contribution in [0.15, 0.2) is 47.0 Å². The van der Waals surface area contributed by atoms with Crippen molar-refractivity contribution in [1.29, 1.82) is 0 Å². The Morgan fingerprint density at radius 1 is 1.21 bits per heavy atom. The van der Waals surface area contributed by atoms with Gasteiger partial charge in [0.2, 0.25) is 11.7 Å². The number of nitrogens with zero attached hydrogens (tertiary/aromatic N) is 3. The number of hydrogen-bond donors (Lipinski definition) is 0. The van der Waals surface area contributed by atoms with E-state index in [2.05, 4.69) is 10.1 Å². The maximum atomic E-state index is 12.6. The second-order valence-electron chi connectivity index (χ2n) is 6.38. The monoisotopic (exact) mass is 419 g/mol. The van der Waals surface area contributed by atoms with E-state index in [1.54, 1.807) is 56.4 Å². The van der Waals surface area contributed by atoms with E-state index in [0.29, 0.717) is 27.5 Å². The van der Waals surface area contributed by atoms with E-state index in [-0.39, 0.29) is 12.5 Å². The van der Waals surface area contributed by atoms with Gasteiger partial charge in [0.15, 0.2) is 6.10 Å². The molecular weight excluding hydrogens is 401 g/mol. The smallest absolute Gasteiger partial charge is 0.263 e. The van der Waals surface area contributed by atoms with Gasteiger partial charge in [-0.2, -0.15) is 4.98 Å². The zero-order chi connectivity index (χ0) is 20.3. The summed E-state index contributed by atoms with van der Waals surface area (Å²) in [5.41, 5.74) is 1.66. The molecule has 0 saturated carbocycles. The quantitative estimate of drug-likeness (QED) is 0.574. The molecule has 0 unspecified atom stereocenters. The Kier molecular flexibility index (Phi) is 6.21. The molecule has 3 aromatic rings. The molecule has 0 fully saturated rings. The molecule has 0 bridgehead atoms. The summed E-state index contributed by atoms with van der Waals surface area (Å²) in [5.74, 6) is 1.14. The van der Waals surface area contributed by atoms with Gasteiger partial charge in [-0.15, -0.1) is 0 Å². The van der Waals surface area contributed by atoms with Gasteiger partial charge in [-0.1, -0.05) is 28.4 Å². The van der Waals surface area contributed by atoms with Gasteiger partial charge in [-0.3, -0.25) is 4.79 Å². The molecule has 28 heavy (non-hydrogen) atoms. The third-order valence-electron chi connectivity index (χ3n) is 4.11. The molecule has 6 nitrogen and oxygen atoms in total. The fourth-order valence-electron chi connectivity index (χ4n) is 2.57. The van der Waals surface area contributed by atoms with E-state index < -0.39 is 6.10 Å². The van der Waals surface area contributed by atoms with Crippen molar-refractivity contribution in [3.05, 3.63) is 64.0 Å². The first kappa shape index (κ1) is 20.2. The van der Waals surface area contributed by atoms with Crippen molar-refractivity contribution in [2.45, 2.75) is 26.5 Å². The minimum Gasteiger partial charge on any atom is -0.481 e. The van der Waals surface area contributed by atoms with Crippen molar-refractivity contribution in [3.8, 4) is 17.1 Å². The summed E-state index contributed by atoms with van der Waals surface area (Å²) >= 11 is 11.9. The molecule has 0 spiro atoms. The maximum absolute atomic E-state index is 12.6. The highest BCUT2D eigenvalue weighted by Gasteiger charge is 2.21. The molecular formula is C20H19Cl2N3O3. The number of carbonyl (C=O) groups is 1. The van der Waals surface area contributed by atoms with Crippen LogP contribution < -0.4 is 4.74 Å². The number of aromatic nitrogens is 2. The number of ether oxygens (including phenoxy) is 1. The van der Waals surface area contributed by atoms with Crippen LogP contribution in [0.2, 0.25) is 10.0 Å². The van der Waals surface area contributed by atoms with Crippen molar-refractivity contribution >= 4 is 29.1 Å². The molecule has 0 aliphatic carbocycles. The van der Waals surface area contributed by atoms with Crippen LogP contribution in [-0.2, 0) is 11.3 Å². The first-order chi connectivity index (χ1) is 13.3. The molecule has 0 aliphatic rings. The van der Waals surface area contributed by atoms with E-state index in [4.69, 9.17) is 32.5 Å². The number of halogens is 2. The van der Waals surface area contributed by atoms with Gasteiger partial charge in [0.1, 0.15) is 5.75 Å². The normalized spacial score (nSPS) is 11.9. The largest absolute Gasteiger partial charge is 0.481 e. The standard InChI is InChI=1S/C20H19Cl2N3O3/c1-12-10-16(8-9-17(12)22)27-13(2)20(26)25(3)11-18-23-19(24-28-18)14-4-6-15(21)7-5-14/h4-10,13H,11H2,1-3H3/t13-/m1/s1. The molecule has 0 N–H and O–H groups in total. The van der Waals surface area contributed by atoms with E-state index >= 15 is 0 Å². The molecule has 2 aromatic carbocycles. The lowest BCUT2D eigenvalue weighted by Gasteiger charge is -2.21. The fraction of sp³-hybridized carbons (Fsp3) is 0.250. The van der Waals surface area contributed by atoms with Crippen LogP contribution in [0.5, 0.6) is 5.75 Å². The Hall–Kier alpha value is -2.57. The van der Waals surface area contributed by atoms with Crippen LogP contribution in [0, 0.1) is 6.92 Å². The van der Waals surface area contributed by atoms with E-state index in [0.717, 1.165) is 11.1 Å². The predicted molar refractivity (Wildman–Crippen MR) is 107 cm³/mol. The van der Waals surface area contributed by atoms with Gasteiger partial charge in [-0.25, -0.2) is 0 Å². The van der Waals surface area contributed by atoms with Crippen LogP contribution in [0.1, 0.15) is 18.4 Å². The van der Waals surface area contributed by atoms with Crippen LogP contribution >= 0.6 is 23.2 Å². The molecule has 0 radical (unpaired) electrons. The molecule has 1 aromatic heterocycles. The van der Waals surface area contributed by atoms with Crippen LogP contribution in [-0.4, -0.2) is 34.1 Å². The van der Waals surface area contributed by atoms with E-state index in [1.807, 2.05) is 6.92 Å². The van der Waals surface area contributed by atoms with E-state index in [1.165, 1.54) is 4.90 Å². The fourth-order valence-corrected chi connectivity index (χ4v) is 2.82. The minimum atomic E-state index is -0.677. The third-order valence-corrected chi connectivity index (χ3v) is 4.79. The average Bonchev–Trinajstić information content (AvgIpc) is 3.13. The number of hydrogen-bond acceptors (Lipinski definition) is 5. The number of benzene rings is 2. The zero-order valence-corrected chi connectivity index (χ0v) is 17.2. The number of amides is 1. The van der Waals surface area contributed by atoms with Gasteiger partial charge in [-0.05, 0) is 61.9 Å². The Morgan fingerprint density at radius 3 is 2.61 bits per heavy atom. The van der Waals surface area contributed by atoms with Gasteiger partial charge in [0, 0.05) is 22.7 Å². The minimum absolute atomic E-state index is 0.173. The summed E-state index contributed by atoms with van der Waals surface area (Å²) in [7, 11) is 1.65. The van der Waals surface area contributed by atoms with Crippen molar-refractivity contribution < 1.29 is 14.1 Å².